The van der Waals surface area contributed by atoms with E-state index in [1.54, 1.807) is 16.7 Å². The number of hydrogen-bond acceptors (Lipinski definition) is 1. The molecule has 1 atom stereocenters. The molecule has 1 heterocycles. The van der Waals surface area contributed by atoms with Gasteiger partial charge in [0.2, 0.25) is 0 Å². The van der Waals surface area contributed by atoms with E-state index in [0.717, 1.165) is 11.8 Å². The zero-order valence-corrected chi connectivity index (χ0v) is 12.3. The highest BCUT2D eigenvalue weighted by Gasteiger charge is 2.25. The second kappa shape index (κ2) is 5.48. The van der Waals surface area contributed by atoms with E-state index in [0.29, 0.717) is 5.92 Å². The van der Waals surface area contributed by atoms with Gasteiger partial charge in [0.1, 0.15) is 0 Å². The third-order valence-electron chi connectivity index (χ3n) is 3.84. The van der Waals surface area contributed by atoms with Crippen molar-refractivity contribution in [1.29, 1.82) is 0 Å². The van der Waals surface area contributed by atoms with Gasteiger partial charge in [0.25, 0.3) is 0 Å². The quantitative estimate of drug-likeness (QED) is 0.721. The molecule has 0 radical (unpaired) electrons. The summed E-state index contributed by atoms with van der Waals surface area (Å²) in [4.78, 5) is 0. The van der Waals surface area contributed by atoms with Gasteiger partial charge in [-0.2, -0.15) is 11.8 Å². The number of aryl methyl sites for hydroxylation is 1. The lowest BCUT2D eigenvalue weighted by Gasteiger charge is -2.25. The zero-order valence-electron chi connectivity index (χ0n) is 11.5. The molecule has 0 saturated heterocycles. The smallest absolute Gasteiger partial charge is 0.000425 e. The van der Waals surface area contributed by atoms with Crippen LogP contribution in [0.3, 0.4) is 0 Å². The largest absolute Gasteiger partial charge is 0.161 e. The molecule has 94 valence electrons. The van der Waals surface area contributed by atoms with Gasteiger partial charge in [0.15, 0.2) is 0 Å². The number of rotatable bonds is 2. The molecule has 0 saturated carbocycles. The molecule has 1 heteroatoms. The summed E-state index contributed by atoms with van der Waals surface area (Å²) in [6.07, 6.45) is 1.25. The average Bonchev–Trinajstić information content (AvgIpc) is 2.50. The second-order valence-electron chi connectivity index (χ2n) is 5.75. The Morgan fingerprint density at radius 1 is 1.18 bits per heavy atom. The lowest BCUT2D eigenvalue weighted by molar-refractivity contribution is 0.534. The molecule has 0 nitrogen and oxygen atoms in total. The Hall–Kier alpha value is -0.430. The Labute approximate surface area is 110 Å². The van der Waals surface area contributed by atoms with Gasteiger partial charge in [-0.15, -0.1) is 0 Å². The van der Waals surface area contributed by atoms with Crippen molar-refractivity contribution in [1.82, 2.24) is 0 Å². The highest BCUT2D eigenvalue weighted by atomic mass is 32.2. The maximum atomic E-state index is 2.37. The Morgan fingerprint density at radius 3 is 2.59 bits per heavy atom. The first kappa shape index (κ1) is 13.0. The monoisotopic (exact) mass is 248 g/mol. The Bertz CT molecular complexity index is 379. The van der Waals surface area contributed by atoms with Gasteiger partial charge >= 0.3 is 0 Å². The Balaban J connectivity index is 2.52. The van der Waals surface area contributed by atoms with Crippen molar-refractivity contribution in [3.05, 3.63) is 34.9 Å². The summed E-state index contributed by atoms with van der Waals surface area (Å²) in [7, 11) is 0. The Kier molecular flexibility index (Phi) is 4.19. The molecule has 1 aliphatic heterocycles. The van der Waals surface area contributed by atoms with Crippen molar-refractivity contribution in [3.8, 4) is 0 Å². The van der Waals surface area contributed by atoms with Gasteiger partial charge < -0.3 is 0 Å². The normalized spacial score (nSPS) is 20.5. The summed E-state index contributed by atoms with van der Waals surface area (Å²) in [6, 6.07) is 6.94. The van der Waals surface area contributed by atoms with Crippen molar-refractivity contribution < 1.29 is 0 Å². The minimum atomic E-state index is 0.647. The summed E-state index contributed by atoms with van der Waals surface area (Å²) in [5.41, 5.74) is 4.88. The van der Waals surface area contributed by atoms with Crippen LogP contribution in [0.5, 0.6) is 0 Å². The highest BCUT2D eigenvalue weighted by Crippen LogP contribution is 2.38. The average molecular weight is 248 g/mol. The Morgan fingerprint density at radius 2 is 1.94 bits per heavy atom. The number of benzene rings is 1. The third-order valence-corrected chi connectivity index (χ3v) is 4.93. The maximum Gasteiger partial charge on any atom is 0.000425 e. The van der Waals surface area contributed by atoms with Crippen LogP contribution in [0, 0.1) is 5.92 Å². The maximum absolute atomic E-state index is 2.37. The van der Waals surface area contributed by atoms with E-state index in [4.69, 9.17) is 0 Å². The third kappa shape index (κ3) is 2.70. The first-order valence-corrected chi connectivity index (χ1v) is 7.96. The standard InChI is InChI=1S/C16H24S/c1-11(2)14-7-5-6-13-8-9-17-10-15(12(3)4)16(13)14/h5-7,11-12,15H,8-10H2,1-4H3. The lowest BCUT2D eigenvalue weighted by Crippen LogP contribution is -2.13. The van der Waals surface area contributed by atoms with Crippen LogP contribution in [0.2, 0.25) is 0 Å². The molecule has 1 aliphatic rings. The van der Waals surface area contributed by atoms with Crippen molar-refractivity contribution >= 4 is 11.8 Å². The fourth-order valence-electron chi connectivity index (χ4n) is 2.81. The molecule has 1 unspecified atom stereocenters. The van der Waals surface area contributed by atoms with Gasteiger partial charge in [-0.05, 0) is 46.6 Å². The van der Waals surface area contributed by atoms with Crippen molar-refractivity contribution in [2.75, 3.05) is 11.5 Å². The highest BCUT2D eigenvalue weighted by molar-refractivity contribution is 7.99. The van der Waals surface area contributed by atoms with Crippen LogP contribution in [0.4, 0.5) is 0 Å². The molecule has 0 aliphatic carbocycles. The van der Waals surface area contributed by atoms with E-state index in [-0.39, 0.29) is 0 Å². The molecule has 2 rings (SSSR count). The summed E-state index contributed by atoms with van der Waals surface area (Å²) in [5, 5.41) is 0. The fourth-order valence-corrected chi connectivity index (χ4v) is 4.14. The first-order valence-electron chi connectivity index (χ1n) is 6.80. The van der Waals surface area contributed by atoms with E-state index >= 15 is 0 Å². The predicted molar refractivity (Wildman–Crippen MR) is 79.1 cm³/mol. The molecular weight excluding hydrogens is 224 g/mol. The van der Waals surface area contributed by atoms with Gasteiger partial charge in [-0.25, -0.2) is 0 Å². The van der Waals surface area contributed by atoms with E-state index < -0.39 is 0 Å². The van der Waals surface area contributed by atoms with Crippen LogP contribution in [0.15, 0.2) is 18.2 Å². The van der Waals surface area contributed by atoms with Crippen LogP contribution < -0.4 is 0 Å². The molecule has 0 amide bonds. The van der Waals surface area contributed by atoms with Crippen molar-refractivity contribution in [3.63, 3.8) is 0 Å². The molecule has 0 spiro atoms. The second-order valence-corrected chi connectivity index (χ2v) is 6.90. The topological polar surface area (TPSA) is 0 Å². The van der Waals surface area contributed by atoms with Crippen LogP contribution in [-0.4, -0.2) is 11.5 Å². The van der Waals surface area contributed by atoms with Crippen LogP contribution in [-0.2, 0) is 6.42 Å². The fraction of sp³-hybridized carbons (Fsp3) is 0.625. The summed E-state index contributed by atoms with van der Waals surface area (Å²) in [5.74, 6) is 4.73. The van der Waals surface area contributed by atoms with E-state index in [9.17, 15) is 0 Å². The van der Waals surface area contributed by atoms with E-state index in [1.807, 2.05) is 0 Å². The van der Waals surface area contributed by atoms with Crippen LogP contribution in [0.1, 0.15) is 56.2 Å². The predicted octanol–water partition coefficient (Wildman–Crippen LogP) is 4.84. The van der Waals surface area contributed by atoms with Gasteiger partial charge in [0, 0.05) is 5.75 Å². The molecule has 0 fully saturated rings. The minimum absolute atomic E-state index is 0.647. The van der Waals surface area contributed by atoms with Crippen molar-refractivity contribution in [2.24, 2.45) is 5.92 Å². The van der Waals surface area contributed by atoms with Gasteiger partial charge in [-0.3, -0.25) is 0 Å². The van der Waals surface area contributed by atoms with Gasteiger partial charge in [0.05, 0.1) is 0 Å². The molecule has 17 heavy (non-hydrogen) atoms. The summed E-state index contributed by atoms with van der Waals surface area (Å²) < 4.78 is 0. The summed E-state index contributed by atoms with van der Waals surface area (Å²) in [6.45, 7) is 9.39. The SMILES string of the molecule is CC(C)c1cccc2c1C(C(C)C)CSCC2. The number of fused-ring (bicyclic) bond motifs is 1. The molecule has 0 aromatic heterocycles. The van der Waals surface area contributed by atoms with E-state index in [2.05, 4.69) is 57.7 Å². The molecule has 0 bridgehead atoms. The van der Waals surface area contributed by atoms with Crippen LogP contribution in [0.25, 0.3) is 0 Å². The molecule has 1 aromatic rings. The summed E-state index contributed by atoms with van der Waals surface area (Å²) >= 11 is 2.13. The molecule has 0 N–H and O–H groups in total. The van der Waals surface area contributed by atoms with E-state index in [1.165, 1.54) is 17.9 Å². The minimum Gasteiger partial charge on any atom is -0.161 e. The molecular formula is C16H24S. The van der Waals surface area contributed by atoms with Crippen LogP contribution >= 0.6 is 11.8 Å². The number of hydrogen-bond donors (Lipinski definition) is 0. The number of thioether (sulfide) groups is 1. The molecule has 1 aromatic carbocycles. The first-order chi connectivity index (χ1) is 8.11. The van der Waals surface area contributed by atoms with Gasteiger partial charge in [-0.1, -0.05) is 45.9 Å². The zero-order chi connectivity index (χ0) is 12.4. The lowest BCUT2D eigenvalue weighted by atomic mass is 9.80. The van der Waals surface area contributed by atoms with Crippen molar-refractivity contribution in [2.45, 2.75) is 46.0 Å².